The summed E-state index contributed by atoms with van der Waals surface area (Å²) in [6.45, 7) is 10.6. The molecule has 290 valence electrons. The minimum atomic E-state index is -4.71. The van der Waals surface area contributed by atoms with Crippen LogP contribution >= 0.6 is 0 Å². The minimum absolute atomic E-state index is 0.0261. The number of halogens is 3. The molecule has 5 aromatic heterocycles. The van der Waals surface area contributed by atoms with Gasteiger partial charge in [0.1, 0.15) is 22.5 Å². The number of nitrogens with two attached hydrogens (primary N) is 1. The molecule has 0 saturated carbocycles. The van der Waals surface area contributed by atoms with Crippen molar-refractivity contribution in [3.05, 3.63) is 88.8 Å². The summed E-state index contributed by atoms with van der Waals surface area (Å²) in [6.07, 6.45) is 0.424. The number of aryl methyl sites for hydroxylation is 2. The van der Waals surface area contributed by atoms with Crippen molar-refractivity contribution >= 4 is 40.3 Å². The van der Waals surface area contributed by atoms with Gasteiger partial charge in [-0.1, -0.05) is 6.07 Å². The van der Waals surface area contributed by atoms with E-state index in [0.29, 0.717) is 54.8 Å². The Hall–Kier alpha value is -5.55. The van der Waals surface area contributed by atoms with Gasteiger partial charge in [-0.25, -0.2) is 23.6 Å². The first-order valence-corrected chi connectivity index (χ1v) is 17.1. The summed E-state index contributed by atoms with van der Waals surface area (Å²) in [5.41, 5.74) is 6.13. The van der Waals surface area contributed by atoms with Crippen molar-refractivity contribution in [2.45, 2.75) is 84.6 Å². The molecule has 0 bridgehead atoms. The van der Waals surface area contributed by atoms with Crippen molar-refractivity contribution in [3.8, 4) is 0 Å². The van der Waals surface area contributed by atoms with Crippen molar-refractivity contribution in [3.63, 3.8) is 0 Å². The van der Waals surface area contributed by atoms with Crippen LogP contribution in [0.3, 0.4) is 0 Å². The van der Waals surface area contributed by atoms with Crippen LogP contribution in [0.15, 0.2) is 54.9 Å². The number of nitrogens with zero attached hydrogens (tertiary/aromatic N) is 5. The molecule has 0 unspecified atom stereocenters. The lowest BCUT2D eigenvalue weighted by Crippen LogP contribution is -2.19. The summed E-state index contributed by atoms with van der Waals surface area (Å²) in [6, 6.07) is 9.77. The maximum Gasteiger partial charge on any atom is 0.433 e. The zero-order chi connectivity index (χ0) is 40.0. The Bertz CT molecular complexity index is 2130. The number of aliphatic hydroxyl groups is 2. The zero-order valence-corrected chi connectivity index (χ0v) is 30.8. The molecule has 0 radical (unpaired) electrons. The largest absolute Gasteiger partial charge is 0.462 e. The molecule has 14 nitrogen and oxygen atoms in total. The number of carbonyl (C=O) groups excluding carboxylic acids is 3. The summed E-state index contributed by atoms with van der Waals surface area (Å²) in [5.74, 6) is -2.11. The van der Waals surface area contributed by atoms with Gasteiger partial charge in [-0.3, -0.25) is 4.79 Å². The number of nitrogen functional groups attached to an aromatic ring is 1. The van der Waals surface area contributed by atoms with E-state index in [0.717, 1.165) is 29.4 Å². The van der Waals surface area contributed by atoms with E-state index >= 15 is 0 Å². The molecule has 5 N–H and O–H groups in total. The lowest BCUT2D eigenvalue weighted by molar-refractivity contribution is -0.141. The van der Waals surface area contributed by atoms with Crippen molar-refractivity contribution < 1.29 is 47.2 Å². The van der Waals surface area contributed by atoms with Crippen LogP contribution in [0.1, 0.15) is 103 Å². The van der Waals surface area contributed by atoms with Gasteiger partial charge in [0.2, 0.25) is 0 Å². The molecule has 0 atom stereocenters. The number of pyridine rings is 3. The van der Waals surface area contributed by atoms with Crippen molar-refractivity contribution in [1.82, 2.24) is 24.2 Å². The number of carbonyl (C=O) groups is 3. The van der Waals surface area contributed by atoms with Crippen molar-refractivity contribution in [1.29, 1.82) is 0 Å². The fraction of sp³-hybridized carbons (Fsp3) is 0.405. The number of esters is 2. The van der Waals surface area contributed by atoms with Crippen LogP contribution in [0, 0.1) is 0 Å². The maximum atomic E-state index is 12.9. The highest BCUT2D eigenvalue weighted by Crippen LogP contribution is 2.28. The van der Waals surface area contributed by atoms with Crippen LogP contribution in [-0.4, -0.2) is 76.7 Å². The highest BCUT2D eigenvalue weighted by molar-refractivity contribution is 6.07. The van der Waals surface area contributed by atoms with Gasteiger partial charge in [0, 0.05) is 18.1 Å². The Kier molecular flexibility index (Phi) is 12.7. The van der Waals surface area contributed by atoms with E-state index in [2.05, 4.69) is 20.5 Å². The molecule has 0 aliphatic carbocycles. The lowest BCUT2D eigenvalue weighted by Gasteiger charge is -2.15. The number of fused-ring (bicyclic) bond motifs is 2. The van der Waals surface area contributed by atoms with Gasteiger partial charge in [0.25, 0.3) is 5.91 Å². The van der Waals surface area contributed by atoms with Gasteiger partial charge in [0.05, 0.1) is 52.5 Å². The Morgan fingerprint density at radius 1 is 0.796 bits per heavy atom. The van der Waals surface area contributed by atoms with Gasteiger partial charge in [0.15, 0.2) is 0 Å². The lowest BCUT2D eigenvalue weighted by atomic mass is 10.0. The number of ether oxygens (including phenoxy) is 2. The third-order valence-electron chi connectivity index (χ3n) is 7.83. The normalized spacial score (nSPS) is 12.0. The number of aromatic nitrogens is 5. The summed E-state index contributed by atoms with van der Waals surface area (Å²) < 4.78 is 51.9. The quantitative estimate of drug-likeness (QED) is 0.114. The van der Waals surface area contributed by atoms with Gasteiger partial charge in [-0.05, 0) is 104 Å². The van der Waals surface area contributed by atoms with Gasteiger partial charge in [-0.2, -0.15) is 23.4 Å². The molecule has 0 fully saturated rings. The highest BCUT2D eigenvalue weighted by Gasteiger charge is 2.33. The number of hydrogen-bond acceptors (Lipinski definition) is 11. The predicted octanol–water partition coefficient (Wildman–Crippen LogP) is 5.68. The number of nitrogens with one attached hydrogen (secondary N) is 1. The number of rotatable bonds is 12. The molecule has 0 aromatic carbocycles. The SMILES string of the molecule is CCOC(=O)c1cn2nc(CCC(C)(C)O)cc2cc1N.CCOC(=O)c1cn2nc(CCC(C)(C)O)cc2cc1NC(=O)c1cccc(C(F)(F)F)n1. The van der Waals surface area contributed by atoms with E-state index in [1.165, 1.54) is 16.8 Å². The average Bonchev–Trinajstić information content (AvgIpc) is 3.67. The van der Waals surface area contributed by atoms with Gasteiger partial charge < -0.3 is 30.7 Å². The van der Waals surface area contributed by atoms with Crippen LogP contribution in [-0.2, 0) is 28.5 Å². The van der Waals surface area contributed by atoms with E-state index in [4.69, 9.17) is 15.2 Å². The maximum absolute atomic E-state index is 12.9. The zero-order valence-electron chi connectivity index (χ0n) is 30.8. The summed E-state index contributed by atoms with van der Waals surface area (Å²) in [5, 5.41) is 30.9. The molecule has 0 saturated heterocycles. The fourth-order valence-electron chi connectivity index (χ4n) is 5.07. The van der Waals surface area contributed by atoms with Crippen LogP contribution in [0.2, 0.25) is 0 Å². The van der Waals surface area contributed by atoms with E-state index in [1.807, 2.05) is 6.07 Å². The summed E-state index contributed by atoms with van der Waals surface area (Å²) >= 11 is 0. The third kappa shape index (κ3) is 11.2. The Balaban J connectivity index is 0.000000266. The third-order valence-corrected chi connectivity index (χ3v) is 7.83. The van der Waals surface area contributed by atoms with Crippen molar-refractivity contribution in [2.75, 3.05) is 24.3 Å². The first kappa shape index (κ1) is 41.2. The number of hydrogen-bond donors (Lipinski definition) is 4. The van der Waals surface area contributed by atoms with Gasteiger partial charge in [-0.15, -0.1) is 0 Å². The molecule has 54 heavy (non-hydrogen) atoms. The van der Waals surface area contributed by atoms with Crippen molar-refractivity contribution in [2.24, 2.45) is 0 Å². The smallest absolute Gasteiger partial charge is 0.433 e. The molecule has 5 heterocycles. The molecular formula is C37H44F3N7O7. The van der Waals surface area contributed by atoms with Crippen LogP contribution in [0.4, 0.5) is 24.5 Å². The highest BCUT2D eigenvalue weighted by atomic mass is 19.4. The second-order valence-corrected chi connectivity index (χ2v) is 13.7. The Morgan fingerprint density at radius 3 is 1.80 bits per heavy atom. The van der Waals surface area contributed by atoms with E-state index < -0.39 is 46.6 Å². The predicted molar refractivity (Wildman–Crippen MR) is 193 cm³/mol. The van der Waals surface area contributed by atoms with E-state index in [-0.39, 0.29) is 17.9 Å². The summed E-state index contributed by atoms with van der Waals surface area (Å²) in [7, 11) is 0. The number of alkyl halides is 3. The summed E-state index contributed by atoms with van der Waals surface area (Å²) in [4.78, 5) is 40.3. The number of amides is 1. The molecule has 5 rings (SSSR count). The number of anilines is 2. The molecule has 1 amide bonds. The standard InChI is InChI=1S/C22H23F3N4O4.C15H21N3O3/c1-4-33-20(31)15-12-29-14(10-13(28-29)8-9-21(2,3)32)11-17(15)27-19(30)16-6-5-7-18(26-16)22(23,24)25;1-4-21-14(19)12-9-18-11(8-13(12)16)7-10(17-18)5-6-15(2,3)20/h5-7,10-12,32H,4,8-9H2,1-3H3,(H,27,30);7-9,20H,4-6,16H2,1-3H3. The molecular weight excluding hydrogens is 711 g/mol. The van der Waals surface area contributed by atoms with Crippen LogP contribution in [0.5, 0.6) is 0 Å². The average molecular weight is 756 g/mol. The second kappa shape index (κ2) is 16.6. The van der Waals surface area contributed by atoms with Crippen LogP contribution < -0.4 is 11.1 Å². The fourth-order valence-corrected chi connectivity index (χ4v) is 5.07. The molecule has 5 aromatic rings. The topological polar surface area (TPSA) is 196 Å². The molecule has 17 heteroatoms. The van der Waals surface area contributed by atoms with Crippen LogP contribution in [0.25, 0.3) is 11.0 Å². The monoisotopic (exact) mass is 755 g/mol. The first-order valence-electron chi connectivity index (χ1n) is 17.1. The van der Waals surface area contributed by atoms with Gasteiger partial charge >= 0.3 is 18.1 Å². The molecule has 0 aliphatic heterocycles. The second-order valence-electron chi connectivity index (χ2n) is 13.7. The molecule has 0 aliphatic rings. The Morgan fingerprint density at radius 2 is 1.30 bits per heavy atom. The van der Waals surface area contributed by atoms with E-state index in [1.54, 1.807) is 64.4 Å². The first-order chi connectivity index (χ1) is 25.2. The molecule has 0 spiro atoms. The Labute approximate surface area is 309 Å². The van der Waals surface area contributed by atoms with E-state index in [9.17, 15) is 37.8 Å². The minimum Gasteiger partial charge on any atom is -0.462 e.